The highest BCUT2D eigenvalue weighted by Crippen LogP contribution is 2.15. The van der Waals surface area contributed by atoms with Gasteiger partial charge in [-0.1, -0.05) is 18.2 Å². The number of carbonyl (C=O) groups excluding carboxylic acids is 1. The molecule has 0 saturated carbocycles. The number of hydrogen-bond donors (Lipinski definition) is 3. The number of aromatic nitrogens is 1. The molecule has 2 unspecified atom stereocenters. The number of hydrogen-bond acceptors (Lipinski definition) is 3. The Kier molecular flexibility index (Phi) is 6.80. The van der Waals surface area contributed by atoms with Gasteiger partial charge < -0.3 is 20.3 Å². The lowest BCUT2D eigenvalue weighted by molar-refractivity contribution is 0.232. The minimum Gasteiger partial charge on any atom is -0.395 e. The molecule has 1 aromatic heterocycles. The Morgan fingerprint density at radius 2 is 2.13 bits per heavy atom. The summed E-state index contributed by atoms with van der Waals surface area (Å²) in [5.41, 5.74) is 1.22. The highest BCUT2D eigenvalue weighted by molar-refractivity contribution is 7.99. The minimum atomic E-state index is -0.178. The van der Waals surface area contributed by atoms with Gasteiger partial charge in [0.05, 0.1) is 6.61 Å². The van der Waals surface area contributed by atoms with E-state index in [1.165, 1.54) is 10.9 Å². The number of nitrogens with one attached hydrogen (secondary N) is 2. The molecule has 0 aliphatic carbocycles. The molecule has 3 N–H and O–H groups in total. The second-order valence-electron chi connectivity index (χ2n) is 5.57. The smallest absolute Gasteiger partial charge is 0.315 e. The summed E-state index contributed by atoms with van der Waals surface area (Å²) in [7, 11) is 0. The maximum atomic E-state index is 11.8. The zero-order valence-electron chi connectivity index (χ0n) is 13.7. The molecule has 2 aromatic rings. The van der Waals surface area contributed by atoms with Gasteiger partial charge in [0.25, 0.3) is 0 Å². The zero-order valence-corrected chi connectivity index (χ0v) is 14.5. The molecule has 0 aliphatic heterocycles. The van der Waals surface area contributed by atoms with Gasteiger partial charge in [-0.15, -0.1) is 0 Å². The first-order valence-electron chi connectivity index (χ1n) is 7.87. The number of rotatable bonds is 8. The number of para-hydroxylation sites is 1. The summed E-state index contributed by atoms with van der Waals surface area (Å²) in [6.45, 7) is 3.45. The fraction of sp³-hybridized carbons (Fsp3) is 0.471. The number of aliphatic hydroxyl groups is 1. The van der Waals surface area contributed by atoms with Gasteiger partial charge >= 0.3 is 6.03 Å². The van der Waals surface area contributed by atoms with Gasteiger partial charge in [-0.25, -0.2) is 4.79 Å². The van der Waals surface area contributed by atoms with Crippen LogP contribution in [-0.4, -0.2) is 46.4 Å². The number of thioether (sulfide) groups is 1. The molecule has 1 aromatic carbocycles. The number of aliphatic hydroxyl groups excluding tert-OH is 1. The number of benzene rings is 1. The molecule has 2 rings (SSSR count). The van der Waals surface area contributed by atoms with Gasteiger partial charge in [0.1, 0.15) is 0 Å². The number of nitrogens with zero attached hydrogens (tertiary/aromatic N) is 1. The predicted octanol–water partition coefficient (Wildman–Crippen LogP) is 2.44. The van der Waals surface area contributed by atoms with Crippen LogP contribution in [0.15, 0.2) is 36.5 Å². The van der Waals surface area contributed by atoms with Gasteiger partial charge in [-0.2, -0.15) is 11.8 Å². The Labute approximate surface area is 141 Å². The zero-order chi connectivity index (χ0) is 16.7. The molecule has 0 aliphatic rings. The number of carbonyl (C=O) groups is 1. The molecule has 2 atom stereocenters. The van der Waals surface area contributed by atoms with Crippen LogP contribution in [0.2, 0.25) is 0 Å². The Hall–Kier alpha value is -1.66. The van der Waals surface area contributed by atoms with E-state index in [2.05, 4.69) is 39.6 Å². The lowest BCUT2D eigenvalue weighted by Gasteiger charge is -2.21. The van der Waals surface area contributed by atoms with Crippen LogP contribution in [0.1, 0.15) is 13.3 Å². The van der Waals surface area contributed by atoms with E-state index >= 15 is 0 Å². The predicted molar refractivity (Wildman–Crippen MR) is 96.9 cm³/mol. The van der Waals surface area contributed by atoms with E-state index in [0.717, 1.165) is 13.0 Å². The molecule has 6 heteroatoms. The summed E-state index contributed by atoms with van der Waals surface area (Å²) >= 11 is 1.55. The standard InChI is InChI=1S/C17H25N3O2S/c1-13(16(12-21)23-2)19-17(22)18-9-5-10-20-11-8-14-6-3-4-7-15(14)20/h3-4,6-8,11,13,16,21H,5,9-10,12H2,1-2H3,(H2,18,19,22). The van der Waals surface area contributed by atoms with Gasteiger partial charge in [0.15, 0.2) is 0 Å². The molecule has 1 heterocycles. The third kappa shape index (κ3) is 4.91. The van der Waals surface area contributed by atoms with Crippen molar-refractivity contribution < 1.29 is 9.90 Å². The van der Waals surface area contributed by atoms with Crippen molar-refractivity contribution in [2.75, 3.05) is 19.4 Å². The average Bonchev–Trinajstić information content (AvgIpc) is 2.96. The van der Waals surface area contributed by atoms with Crippen LogP contribution in [-0.2, 0) is 6.54 Å². The van der Waals surface area contributed by atoms with Crippen LogP contribution in [0.4, 0.5) is 4.79 Å². The van der Waals surface area contributed by atoms with E-state index in [1.54, 1.807) is 11.8 Å². The first kappa shape index (κ1) is 17.7. The van der Waals surface area contributed by atoms with Crippen molar-refractivity contribution in [2.45, 2.75) is 31.2 Å². The van der Waals surface area contributed by atoms with E-state index < -0.39 is 0 Å². The van der Waals surface area contributed by atoms with Crippen molar-refractivity contribution in [1.29, 1.82) is 0 Å². The van der Waals surface area contributed by atoms with Gasteiger partial charge in [-0.05, 0) is 37.1 Å². The number of aryl methyl sites for hydroxylation is 1. The third-order valence-corrected chi connectivity index (χ3v) is 5.10. The molecular formula is C17H25N3O2S. The average molecular weight is 335 g/mol. The molecular weight excluding hydrogens is 310 g/mol. The van der Waals surface area contributed by atoms with Crippen molar-refractivity contribution in [3.05, 3.63) is 36.5 Å². The molecule has 0 spiro atoms. The molecule has 2 amide bonds. The highest BCUT2D eigenvalue weighted by atomic mass is 32.2. The summed E-state index contributed by atoms with van der Waals surface area (Å²) in [6, 6.07) is 10.1. The number of amides is 2. The summed E-state index contributed by atoms with van der Waals surface area (Å²) in [5, 5.41) is 16.2. The number of fused-ring (bicyclic) bond motifs is 1. The normalized spacial score (nSPS) is 13.7. The summed E-state index contributed by atoms with van der Waals surface area (Å²) in [6.07, 6.45) is 4.88. The molecule has 0 bridgehead atoms. The first-order valence-corrected chi connectivity index (χ1v) is 9.16. The van der Waals surface area contributed by atoms with Crippen LogP contribution in [0, 0.1) is 0 Å². The minimum absolute atomic E-state index is 0.0204. The van der Waals surface area contributed by atoms with Crippen LogP contribution in [0.3, 0.4) is 0 Å². The monoisotopic (exact) mass is 335 g/mol. The van der Waals surface area contributed by atoms with Crippen LogP contribution in [0.25, 0.3) is 10.9 Å². The van der Waals surface area contributed by atoms with Crippen LogP contribution < -0.4 is 10.6 Å². The largest absolute Gasteiger partial charge is 0.395 e. The first-order chi connectivity index (χ1) is 11.2. The Morgan fingerprint density at radius 3 is 2.87 bits per heavy atom. The van der Waals surface area contributed by atoms with Gasteiger partial charge in [-0.3, -0.25) is 0 Å². The Balaban J connectivity index is 1.72. The highest BCUT2D eigenvalue weighted by Gasteiger charge is 2.16. The lowest BCUT2D eigenvalue weighted by atomic mass is 10.2. The van der Waals surface area contributed by atoms with Crippen molar-refractivity contribution in [1.82, 2.24) is 15.2 Å². The fourth-order valence-electron chi connectivity index (χ4n) is 2.57. The molecule has 23 heavy (non-hydrogen) atoms. The molecule has 5 nitrogen and oxygen atoms in total. The second kappa shape index (κ2) is 8.84. The molecule has 0 saturated heterocycles. The van der Waals surface area contributed by atoms with Gasteiger partial charge in [0.2, 0.25) is 0 Å². The van der Waals surface area contributed by atoms with Crippen LogP contribution in [0.5, 0.6) is 0 Å². The van der Waals surface area contributed by atoms with E-state index in [-0.39, 0.29) is 23.9 Å². The summed E-state index contributed by atoms with van der Waals surface area (Å²) in [5.74, 6) is 0. The van der Waals surface area contributed by atoms with Crippen molar-refractivity contribution in [3.8, 4) is 0 Å². The van der Waals surface area contributed by atoms with Crippen LogP contribution >= 0.6 is 11.8 Å². The quantitative estimate of drug-likeness (QED) is 0.649. The number of urea groups is 1. The van der Waals surface area contributed by atoms with Crippen molar-refractivity contribution in [3.63, 3.8) is 0 Å². The van der Waals surface area contributed by atoms with Gasteiger partial charge in [0, 0.05) is 36.1 Å². The van der Waals surface area contributed by atoms with Crippen molar-refractivity contribution in [2.24, 2.45) is 0 Å². The molecule has 0 fully saturated rings. The topological polar surface area (TPSA) is 66.3 Å². The van der Waals surface area contributed by atoms with E-state index in [9.17, 15) is 9.90 Å². The Morgan fingerprint density at radius 1 is 1.35 bits per heavy atom. The van der Waals surface area contributed by atoms with E-state index in [0.29, 0.717) is 6.54 Å². The Bertz CT molecular complexity index is 625. The SMILES string of the molecule is CSC(CO)C(C)NC(=O)NCCCn1ccc2ccccc21. The summed E-state index contributed by atoms with van der Waals surface area (Å²) < 4.78 is 2.20. The molecule has 126 valence electrons. The lowest BCUT2D eigenvalue weighted by Crippen LogP contribution is -2.46. The van der Waals surface area contributed by atoms with Crippen molar-refractivity contribution >= 4 is 28.7 Å². The maximum Gasteiger partial charge on any atom is 0.315 e. The maximum absolute atomic E-state index is 11.8. The molecule has 0 radical (unpaired) electrons. The third-order valence-electron chi connectivity index (χ3n) is 3.94. The van der Waals surface area contributed by atoms with E-state index in [1.807, 2.05) is 25.3 Å². The summed E-state index contributed by atoms with van der Waals surface area (Å²) in [4.78, 5) is 11.8. The van der Waals surface area contributed by atoms with E-state index in [4.69, 9.17) is 0 Å². The fourth-order valence-corrected chi connectivity index (χ4v) is 3.20. The second-order valence-corrected chi connectivity index (χ2v) is 6.64.